The molecule has 0 aromatic heterocycles. The molecule has 2 nitrogen and oxygen atoms in total. The third-order valence-corrected chi connectivity index (χ3v) is 2.68. The molecule has 0 aromatic rings. The van der Waals surface area contributed by atoms with Gasteiger partial charge in [0.05, 0.1) is 0 Å². The first-order valence-corrected chi connectivity index (χ1v) is 4.34. The number of hydroxylamine groups is 2. The summed E-state index contributed by atoms with van der Waals surface area (Å²) in [4.78, 5) is 0. The zero-order valence-electron chi connectivity index (χ0n) is 8.98. The summed E-state index contributed by atoms with van der Waals surface area (Å²) < 4.78 is 0. The van der Waals surface area contributed by atoms with Gasteiger partial charge in [0, 0.05) is 11.1 Å². The van der Waals surface area contributed by atoms with Crippen LogP contribution in [0.15, 0.2) is 0 Å². The smallest absolute Gasteiger partial charge is 0.784 e. The number of hydrogen-bond acceptors (Lipinski definition) is 2. The van der Waals surface area contributed by atoms with Crippen LogP contribution in [-0.4, -0.2) is 16.1 Å². The Hall–Kier alpha value is 0.920. The van der Waals surface area contributed by atoms with E-state index in [1.165, 1.54) is 11.5 Å². The van der Waals surface area contributed by atoms with Crippen molar-refractivity contribution in [2.75, 3.05) is 0 Å². The van der Waals surface area contributed by atoms with E-state index in [2.05, 4.69) is 0 Å². The Labute approximate surface area is 97.6 Å². The third kappa shape index (κ3) is 2.46. The summed E-state index contributed by atoms with van der Waals surface area (Å²) in [5.41, 5.74) is -0.302. The Bertz CT molecular complexity index is 141. The van der Waals surface area contributed by atoms with E-state index in [0.29, 0.717) is 0 Å². The van der Waals surface area contributed by atoms with E-state index in [-0.39, 0.29) is 40.6 Å². The van der Waals surface area contributed by atoms with Gasteiger partial charge in [-0.3, -0.25) is 0 Å². The van der Waals surface area contributed by atoms with E-state index in [1.54, 1.807) is 0 Å². The van der Waals surface area contributed by atoms with Crippen LogP contribution >= 0.6 is 0 Å². The van der Waals surface area contributed by atoms with Crippen LogP contribution in [0, 0.1) is 5.21 Å². The minimum absolute atomic E-state index is 0. The molecule has 66 valence electrons. The second kappa shape index (κ2) is 3.97. The first kappa shape index (κ1) is 12.9. The van der Waals surface area contributed by atoms with Crippen LogP contribution in [0.2, 0.25) is 0 Å². The Morgan fingerprint density at radius 3 is 1.58 bits per heavy atom. The topological polar surface area (TPSA) is 26.3 Å². The van der Waals surface area contributed by atoms with Gasteiger partial charge in [0.15, 0.2) is 0 Å². The van der Waals surface area contributed by atoms with Crippen LogP contribution in [-0.2, 0) is 0 Å². The van der Waals surface area contributed by atoms with Crippen molar-refractivity contribution < 1.29 is 29.6 Å². The third-order valence-electron chi connectivity index (χ3n) is 2.68. The zero-order valence-corrected chi connectivity index (χ0v) is 11.0. The molecule has 0 saturated carbocycles. The van der Waals surface area contributed by atoms with Gasteiger partial charge in [-0.25, -0.2) is 0 Å². The van der Waals surface area contributed by atoms with Gasteiger partial charge < -0.3 is 10.3 Å². The molecular formula is C9H18NNaO. The van der Waals surface area contributed by atoms with Gasteiger partial charge >= 0.3 is 29.6 Å². The number of piperidine rings is 1. The summed E-state index contributed by atoms with van der Waals surface area (Å²) in [5.74, 6) is 0. The average Bonchev–Trinajstić information content (AvgIpc) is 1.82. The van der Waals surface area contributed by atoms with E-state index in [1.807, 2.05) is 27.7 Å². The van der Waals surface area contributed by atoms with Crippen molar-refractivity contribution in [2.24, 2.45) is 0 Å². The molecule has 12 heavy (non-hydrogen) atoms. The maximum absolute atomic E-state index is 11.7. The molecule has 0 aliphatic carbocycles. The van der Waals surface area contributed by atoms with E-state index in [9.17, 15) is 5.21 Å². The summed E-state index contributed by atoms with van der Waals surface area (Å²) >= 11 is 0. The molecular weight excluding hydrogens is 161 g/mol. The minimum Gasteiger partial charge on any atom is -0.784 e. The molecule has 0 atom stereocenters. The van der Waals surface area contributed by atoms with Crippen molar-refractivity contribution in [3.05, 3.63) is 5.21 Å². The normalized spacial score (nSPS) is 27.8. The maximum atomic E-state index is 11.7. The van der Waals surface area contributed by atoms with Crippen molar-refractivity contribution in [2.45, 2.75) is 58.0 Å². The standard InChI is InChI=1S/C9H18NO.Na/c1-8(2)6-5-7-9(3,4)10(8)11;/h5-7H2,1-4H3;/q-1;+1. The minimum atomic E-state index is -0.151. The SMILES string of the molecule is CC1(C)CCCC(C)(C)N1[O-].[Na+]. The molecule has 1 fully saturated rings. The van der Waals surface area contributed by atoms with E-state index >= 15 is 0 Å². The largest absolute Gasteiger partial charge is 1.00 e. The number of nitrogens with zero attached hydrogens (tertiary/aromatic N) is 1. The molecule has 0 radical (unpaired) electrons. The van der Waals surface area contributed by atoms with Gasteiger partial charge in [-0.05, 0) is 47.0 Å². The molecule has 1 rings (SSSR count). The van der Waals surface area contributed by atoms with Crippen molar-refractivity contribution in [3.8, 4) is 0 Å². The predicted octanol–water partition coefficient (Wildman–Crippen LogP) is -0.469. The molecule has 1 aliphatic rings. The summed E-state index contributed by atoms with van der Waals surface area (Å²) in [5, 5.41) is 13.0. The van der Waals surface area contributed by atoms with Crippen LogP contribution in [0.5, 0.6) is 0 Å². The Kier molecular flexibility index (Phi) is 4.28. The zero-order chi connectivity index (χ0) is 8.70. The number of hydrogen-bond donors (Lipinski definition) is 0. The Morgan fingerprint density at radius 1 is 1.00 bits per heavy atom. The summed E-state index contributed by atoms with van der Waals surface area (Å²) in [6.45, 7) is 8.11. The van der Waals surface area contributed by atoms with Crippen molar-refractivity contribution in [3.63, 3.8) is 0 Å². The van der Waals surface area contributed by atoms with Crippen molar-refractivity contribution in [1.29, 1.82) is 0 Å². The fraction of sp³-hybridized carbons (Fsp3) is 1.00. The Morgan fingerprint density at radius 2 is 1.33 bits per heavy atom. The Balaban J connectivity index is 0.00000121. The van der Waals surface area contributed by atoms with E-state index in [4.69, 9.17) is 0 Å². The molecule has 0 amide bonds. The second-order valence-corrected chi connectivity index (χ2v) is 4.77. The molecule has 1 heterocycles. The molecule has 0 aromatic carbocycles. The molecule has 0 spiro atoms. The van der Waals surface area contributed by atoms with Gasteiger partial charge in [0.25, 0.3) is 0 Å². The van der Waals surface area contributed by atoms with E-state index in [0.717, 1.165) is 12.8 Å². The first-order chi connectivity index (χ1) is 4.86. The molecule has 1 aliphatic heterocycles. The van der Waals surface area contributed by atoms with Crippen molar-refractivity contribution in [1.82, 2.24) is 5.06 Å². The average molecular weight is 179 g/mol. The van der Waals surface area contributed by atoms with Crippen LogP contribution in [0.1, 0.15) is 47.0 Å². The fourth-order valence-corrected chi connectivity index (χ4v) is 1.98. The van der Waals surface area contributed by atoms with Crippen LogP contribution in [0.4, 0.5) is 0 Å². The van der Waals surface area contributed by atoms with Gasteiger partial charge in [-0.1, -0.05) is 0 Å². The quantitative estimate of drug-likeness (QED) is 0.470. The molecule has 0 N–H and O–H groups in total. The summed E-state index contributed by atoms with van der Waals surface area (Å²) in [7, 11) is 0. The van der Waals surface area contributed by atoms with Gasteiger partial charge in [-0.15, -0.1) is 0 Å². The van der Waals surface area contributed by atoms with Gasteiger partial charge in [0.1, 0.15) is 0 Å². The van der Waals surface area contributed by atoms with Gasteiger partial charge in [-0.2, -0.15) is 0 Å². The molecule has 1 saturated heterocycles. The van der Waals surface area contributed by atoms with E-state index < -0.39 is 0 Å². The van der Waals surface area contributed by atoms with Crippen molar-refractivity contribution >= 4 is 0 Å². The summed E-state index contributed by atoms with van der Waals surface area (Å²) in [6, 6.07) is 0. The second-order valence-electron chi connectivity index (χ2n) is 4.77. The van der Waals surface area contributed by atoms with Crippen LogP contribution < -0.4 is 29.6 Å². The first-order valence-electron chi connectivity index (χ1n) is 4.34. The monoisotopic (exact) mass is 179 g/mol. The molecule has 0 bridgehead atoms. The van der Waals surface area contributed by atoms with Crippen LogP contribution in [0.25, 0.3) is 0 Å². The van der Waals surface area contributed by atoms with Crippen LogP contribution in [0.3, 0.4) is 0 Å². The summed E-state index contributed by atoms with van der Waals surface area (Å²) in [6.07, 6.45) is 3.23. The van der Waals surface area contributed by atoms with Gasteiger partial charge in [0.2, 0.25) is 0 Å². The predicted molar refractivity (Wildman–Crippen MR) is 47.2 cm³/mol. The molecule has 0 unspecified atom stereocenters. The number of rotatable bonds is 0. The fourth-order valence-electron chi connectivity index (χ4n) is 1.98. The molecule has 3 heteroatoms. The maximum Gasteiger partial charge on any atom is 1.00 e.